The van der Waals surface area contributed by atoms with Crippen LogP contribution in [0.2, 0.25) is 0 Å². The maximum atomic E-state index is 8.46. The second-order valence-electron chi connectivity index (χ2n) is 7.15. The van der Waals surface area contributed by atoms with Crippen LogP contribution in [0, 0.1) is 5.41 Å². The number of aromatic nitrogens is 1. The predicted molar refractivity (Wildman–Crippen MR) is 124 cm³/mol. The number of hydrogen-bond acceptors (Lipinski definition) is 2. The van der Waals surface area contributed by atoms with Crippen LogP contribution in [0.4, 0.5) is 0 Å². The van der Waals surface area contributed by atoms with Crippen LogP contribution in [-0.4, -0.2) is 28.4 Å². The van der Waals surface area contributed by atoms with E-state index in [1.807, 2.05) is 19.9 Å². The van der Waals surface area contributed by atoms with E-state index >= 15 is 0 Å². The van der Waals surface area contributed by atoms with Gasteiger partial charge < -0.3 is 13.9 Å². The first-order chi connectivity index (χ1) is 14.2. The van der Waals surface area contributed by atoms with Gasteiger partial charge in [0.1, 0.15) is 17.9 Å². The highest BCUT2D eigenvalue weighted by atomic mass is 16.3. The molecule has 0 spiro atoms. The van der Waals surface area contributed by atoms with Crippen molar-refractivity contribution in [3.05, 3.63) is 58.6 Å². The lowest BCUT2D eigenvalue weighted by atomic mass is 10.1. The molecule has 1 N–H and O–H groups in total. The summed E-state index contributed by atoms with van der Waals surface area (Å²) in [5.74, 6) is 1.48. The standard InChI is InChI=1S/C23H31N3O.C2H6/c1-3-5-6-8-11-22-19(4-2)12-15-26(22)17-21-16-20(18-27-21)23(24)25-13-9-7-10-14-25;1-2/h4,6,8,11-12,15-16,18,24H,3,5,7,9-10,13-14,17H2,1-2H3;1-2H3/b8-6-,19-4-,22-11+,24-23?;. The summed E-state index contributed by atoms with van der Waals surface area (Å²) >= 11 is 0. The van der Waals surface area contributed by atoms with Crippen molar-refractivity contribution in [1.82, 2.24) is 9.47 Å². The Bertz CT molecular complexity index is 895. The van der Waals surface area contributed by atoms with Crippen LogP contribution in [-0.2, 0) is 6.54 Å². The number of furan rings is 1. The van der Waals surface area contributed by atoms with Gasteiger partial charge in [-0.15, -0.1) is 0 Å². The maximum Gasteiger partial charge on any atom is 0.131 e. The van der Waals surface area contributed by atoms with Gasteiger partial charge in [-0.3, -0.25) is 5.41 Å². The zero-order chi connectivity index (χ0) is 21.1. The highest BCUT2D eigenvalue weighted by molar-refractivity contribution is 5.96. The van der Waals surface area contributed by atoms with Crippen LogP contribution in [0.15, 0.2) is 41.2 Å². The summed E-state index contributed by atoms with van der Waals surface area (Å²) in [6.45, 7) is 10.9. The van der Waals surface area contributed by atoms with Crippen molar-refractivity contribution in [2.24, 2.45) is 0 Å². The Morgan fingerprint density at radius 1 is 1.21 bits per heavy atom. The van der Waals surface area contributed by atoms with Crippen molar-refractivity contribution in [2.45, 2.75) is 66.3 Å². The van der Waals surface area contributed by atoms with E-state index in [9.17, 15) is 0 Å². The van der Waals surface area contributed by atoms with Gasteiger partial charge in [-0.25, -0.2) is 0 Å². The zero-order valence-electron chi connectivity index (χ0n) is 18.6. The quantitative estimate of drug-likeness (QED) is 0.558. The summed E-state index contributed by atoms with van der Waals surface area (Å²) in [6, 6.07) is 4.15. The topological polar surface area (TPSA) is 45.2 Å². The number of rotatable bonds is 6. The Balaban J connectivity index is 0.00000145. The molecular formula is C25H37N3O. The maximum absolute atomic E-state index is 8.46. The molecule has 1 aliphatic rings. The van der Waals surface area contributed by atoms with Crippen molar-refractivity contribution in [2.75, 3.05) is 13.1 Å². The highest BCUT2D eigenvalue weighted by Crippen LogP contribution is 2.15. The van der Waals surface area contributed by atoms with E-state index in [4.69, 9.17) is 9.83 Å². The molecule has 0 unspecified atom stereocenters. The van der Waals surface area contributed by atoms with Crippen molar-refractivity contribution < 1.29 is 4.42 Å². The summed E-state index contributed by atoms with van der Waals surface area (Å²) in [5, 5.41) is 10.9. The summed E-state index contributed by atoms with van der Waals surface area (Å²) in [5.41, 5.74) is 0.884. The van der Waals surface area contributed by atoms with Crippen LogP contribution in [0.3, 0.4) is 0 Å². The summed E-state index contributed by atoms with van der Waals surface area (Å²) < 4.78 is 8.00. The lowest BCUT2D eigenvalue weighted by Gasteiger charge is -2.28. The van der Waals surface area contributed by atoms with Gasteiger partial charge in [0.05, 0.1) is 12.1 Å². The number of nitrogens with zero attached hydrogens (tertiary/aromatic N) is 2. The first kappa shape index (κ1) is 22.8. The normalized spacial score (nSPS) is 15.7. The smallest absolute Gasteiger partial charge is 0.131 e. The molecule has 0 atom stereocenters. The van der Waals surface area contributed by atoms with Crippen LogP contribution in [0.25, 0.3) is 12.2 Å². The third-order valence-corrected chi connectivity index (χ3v) is 5.12. The van der Waals surface area contributed by atoms with Gasteiger partial charge >= 0.3 is 0 Å². The van der Waals surface area contributed by atoms with Crippen molar-refractivity contribution >= 4 is 18.0 Å². The van der Waals surface area contributed by atoms with Crippen molar-refractivity contribution in [3.63, 3.8) is 0 Å². The highest BCUT2D eigenvalue weighted by Gasteiger charge is 2.17. The van der Waals surface area contributed by atoms with E-state index in [0.717, 1.165) is 37.3 Å². The molecule has 0 aliphatic carbocycles. The molecule has 0 bridgehead atoms. The number of amidine groups is 1. The van der Waals surface area contributed by atoms with Gasteiger partial charge in [0.25, 0.3) is 0 Å². The molecule has 29 heavy (non-hydrogen) atoms. The Kier molecular flexibility index (Phi) is 9.55. The van der Waals surface area contributed by atoms with Crippen molar-refractivity contribution in [1.29, 1.82) is 5.41 Å². The van der Waals surface area contributed by atoms with Gasteiger partial charge in [-0.2, -0.15) is 0 Å². The molecule has 4 heteroatoms. The lowest BCUT2D eigenvalue weighted by molar-refractivity contribution is 0.341. The van der Waals surface area contributed by atoms with E-state index < -0.39 is 0 Å². The first-order valence-electron chi connectivity index (χ1n) is 11.1. The summed E-state index contributed by atoms with van der Waals surface area (Å²) in [4.78, 5) is 2.16. The second-order valence-corrected chi connectivity index (χ2v) is 7.15. The van der Waals surface area contributed by atoms with Crippen molar-refractivity contribution in [3.8, 4) is 0 Å². The fourth-order valence-electron chi connectivity index (χ4n) is 3.55. The largest absolute Gasteiger partial charge is 0.467 e. The van der Waals surface area contributed by atoms with E-state index in [1.54, 1.807) is 6.26 Å². The monoisotopic (exact) mass is 395 g/mol. The van der Waals surface area contributed by atoms with Gasteiger partial charge in [-0.05, 0) is 56.0 Å². The molecule has 1 fully saturated rings. The SMILES string of the molecule is C/C=c1/ccn(Cc2cc(C(=N)N3CCCCC3)co2)/c1=C/C=C\CCC.CC. The fraction of sp³-hybridized carbons (Fsp3) is 0.480. The molecule has 4 nitrogen and oxygen atoms in total. The zero-order valence-corrected chi connectivity index (χ0v) is 18.6. The molecule has 2 aromatic heterocycles. The summed E-state index contributed by atoms with van der Waals surface area (Å²) in [6.07, 6.45) is 18.4. The molecule has 3 rings (SSSR count). The minimum atomic E-state index is 0.592. The molecule has 3 heterocycles. The molecule has 0 radical (unpaired) electrons. The Hall–Kier alpha value is -2.49. The molecule has 0 amide bonds. The molecule has 158 valence electrons. The van der Waals surface area contributed by atoms with E-state index in [2.05, 4.69) is 59.9 Å². The Morgan fingerprint density at radius 3 is 2.66 bits per heavy atom. The molecule has 1 saturated heterocycles. The van der Waals surface area contributed by atoms with E-state index in [0.29, 0.717) is 12.4 Å². The number of hydrogen-bond donors (Lipinski definition) is 1. The minimum Gasteiger partial charge on any atom is -0.467 e. The molecular weight excluding hydrogens is 358 g/mol. The van der Waals surface area contributed by atoms with Gasteiger partial charge in [0.2, 0.25) is 0 Å². The second kappa shape index (κ2) is 12.2. The third kappa shape index (κ3) is 6.25. The number of unbranched alkanes of at least 4 members (excludes halogenated alkanes) is 1. The first-order valence-corrected chi connectivity index (χ1v) is 11.1. The van der Waals surface area contributed by atoms with Gasteiger partial charge in [0, 0.05) is 24.6 Å². The van der Waals surface area contributed by atoms with E-state index in [-0.39, 0.29) is 0 Å². The van der Waals surface area contributed by atoms with Gasteiger partial charge in [0.15, 0.2) is 0 Å². The van der Waals surface area contributed by atoms with Crippen LogP contribution in [0.1, 0.15) is 71.1 Å². The van der Waals surface area contributed by atoms with E-state index in [1.165, 1.54) is 29.8 Å². The molecule has 0 saturated carbocycles. The number of allylic oxidation sites excluding steroid dienone is 2. The van der Waals surface area contributed by atoms with Crippen LogP contribution in [0.5, 0.6) is 0 Å². The average Bonchev–Trinajstić information content (AvgIpc) is 3.40. The van der Waals surface area contributed by atoms with Crippen LogP contribution < -0.4 is 10.6 Å². The number of likely N-dealkylation sites (tertiary alicyclic amines) is 1. The fourth-order valence-corrected chi connectivity index (χ4v) is 3.55. The average molecular weight is 396 g/mol. The number of piperidine rings is 1. The molecule has 0 aromatic carbocycles. The Morgan fingerprint density at radius 2 is 1.97 bits per heavy atom. The lowest BCUT2D eigenvalue weighted by Crippen LogP contribution is -2.35. The third-order valence-electron chi connectivity index (χ3n) is 5.12. The minimum absolute atomic E-state index is 0.592. The Labute approximate surface area is 175 Å². The molecule has 2 aromatic rings. The summed E-state index contributed by atoms with van der Waals surface area (Å²) in [7, 11) is 0. The molecule has 1 aliphatic heterocycles. The number of nitrogens with one attached hydrogen (secondary N) is 1. The van der Waals surface area contributed by atoms with Gasteiger partial charge in [-0.1, -0.05) is 45.4 Å². The predicted octanol–water partition coefficient (Wildman–Crippen LogP) is 4.90. The van der Waals surface area contributed by atoms with Crippen LogP contribution >= 0.6 is 0 Å².